The summed E-state index contributed by atoms with van der Waals surface area (Å²) in [6, 6.07) is 0.523. The number of ether oxygens (including phenoxy) is 1. The van der Waals surface area contributed by atoms with E-state index in [0.717, 1.165) is 76.9 Å². The Kier molecular flexibility index (Phi) is 10.2. The molecule has 2 rings (SSSR count). The second-order valence-electron chi connectivity index (χ2n) is 7.24. The topological polar surface area (TPSA) is 66.7 Å². The molecule has 2 heterocycles. The van der Waals surface area contributed by atoms with Gasteiger partial charge in [-0.25, -0.2) is 4.98 Å². The van der Waals surface area contributed by atoms with Crippen LogP contribution in [0.2, 0.25) is 0 Å². The Morgan fingerprint density at radius 3 is 2.74 bits per heavy atom. The van der Waals surface area contributed by atoms with Crippen molar-refractivity contribution in [2.24, 2.45) is 4.99 Å². The molecule has 154 valence electrons. The summed E-state index contributed by atoms with van der Waals surface area (Å²) in [7, 11) is 1.77. The lowest BCUT2D eigenvalue weighted by Crippen LogP contribution is -2.48. The van der Waals surface area contributed by atoms with Gasteiger partial charge in [-0.15, -0.1) is 0 Å². The summed E-state index contributed by atoms with van der Waals surface area (Å²) in [5.74, 6) is 2.05. The molecule has 0 unspecified atom stereocenters. The zero-order chi connectivity index (χ0) is 19.3. The SMILES string of the molecule is CCNC(=NCCCCn1ccnc1C)NC1CCN(CCCOC)CC1. The van der Waals surface area contributed by atoms with Gasteiger partial charge in [-0.3, -0.25) is 4.99 Å². The molecule has 0 bridgehead atoms. The second-order valence-corrected chi connectivity index (χ2v) is 7.24. The number of likely N-dealkylation sites (tertiary alicyclic amines) is 1. The van der Waals surface area contributed by atoms with Crippen LogP contribution in [0.4, 0.5) is 0 Å². The molecule has 0 radical (unpaired) electrons. The lowest BCUT2D eigenvalue weighted by Gasteiger charge is -2.33. The first-order chi connectivity index (χ1) is 13.2. The lowest BCUT2D eigenvalue weighted by atomic mass is 10.1. The molecule has 0 spiro atoms. The smallest absolute Gasteiger partial charge is 0.191 e. The minimum absolute atomic E-state index is 0.523. The van der Waals surface area contributed by atoms with Crippen molar-refractivity contribution in [1.82, 2.24) is 25.1 Å². The third-order valence-electron chi connectivity index (χ3n) is 5.10. The van der Waals surface area contributed by atoms with Crippen LogP contribution in [-0.4, -0.2) is 72.9 Å². The van der Waals surface area contributed by atoms with Crippen LogP contribution in [0.3, 0.4) is 0 Å². The van der Waals surface area contributed by atoms with E-state index in [0.29, 0.717) is 6.04 Å². The van der Waals surface area contributed by atoms with Crippen LogP contribution in [-0.2, 0) is 11.3 Å². The first kappa shape index (κ1) is 21.7. The number of aliphatic imine (C=N–C) groups is 1. The molecule has 0 atom stereocenters. The Labute approximate surface area is 164 Å². The minimum atomic E-state index is 0.523. The van der Waals surface area contributed by atoms with Gasteiger partial charge in [0, 0.05) is 71.4 Å². The predicted octanol–water partition coefficient (Wildman–Crippen LogP) is 2.03. The van der Waals surface area contributed by atoms with Crippen LogP contribution in [0.5, 0.6) is 0 Å². The normalized spacial score (nSPS) is 16.6. The van der Waals surface area contributed by atoms with Crippen LogP contribution >= 0.6 is 0 Å². The number of hydrogen-bond acceptors (Lipinski definition) is 4. The quantitative estimate of drug-likeness (QED) is 0.350. The maximum Gasteiger partial charge on any atom is 0.191 e. The average Bonchev–Trinajstić information content (AvgIpc) is 3.08. The Morgan fingerprint density at radius 1 is 1.26 bits per heavy atom. The lowest BCUT2D eigenvalue weighted by molar-refractivity contribution is 0.155. The molecule has 1 aliphatic rings. The van der Waals surface area contributed by atoms with Gasteiger partial charge in [-0.05, 0) is 46.0 Å². The molecule has 7 heteroatoms. The number of nitrogens with zero attached hydrogens (tertiary/aromatic N) is 4. The van der Waals surface area contributed by atoms with Gasteiger partial charge in [0.1, 0.15) is 5.82 Å². The van der Waals surface area contributed by atoms with Crippen molar-refractivity contribution in [3.8, 4) is 0 Å². The fraction of sp³-hybridized carbons (Fsp3) is 0.800. The monoisotopic (exact) mass is 378 g/mol. The highest BCUT2D eigenvalue weighted by atomic mass is 16.5. The molecule has 0 saturated carbocycles. The van der Waals surface area contributed by atoms with E-state index >= 15 is 0 Å². The molecule has 7 nitrogen and oxygen atoms in total. The summed E-state index contributed by atoms with van der Waals surface area (Å²) in [5, 5.41) is 7.02. The predicted molar refractivity (Wildman–Crippen MR) is 111 cm³/mol. The fourth-order valence-corrected chi connectivity index (χ4v) is 3.47. The Balaban J connectivity index is 1.65. The van der Waals surface area contributed by atoms with Crippen LogP contribution in [0.25, 0.3) is 0 Å². The maximum atomic E-state index is 5.15. The molecule has 1 aromatic rings. The van der Waals surface area contributed by atoms with Crippen molar-refractivity contribution in [3.63, 3.8) is 0 Å². The molecule has 2 N–H and O–H groups in total. The zero-order valence-electron chi connectivity index (χ0n) is 17.4. The largest absolute Gasteiger partial charge is 0.385 e. The number of unbranched alkanes of at least 4 members (excludes halogenated alkanes) is 1. The molecular weight excluding hydrogens is 340 g/mol. The third kappa shape index (κ3) is 8.30. The van der Waals surface area contributed by atoms with Crippen molar-refractivity contribution >= 4 is 5.96 Å². The van der Waals surface area contributed by atoms with Gasteiger partial charge < -0.3 is 24.8 Å². The van der Waals surface area contributed by atoms with Gasteiger partial charge in [-0.2, -0.15) is 0 Å². The van der Waals surface area contributed by atoms with E-state index in [1.54, 1.807) is 7.11 Å². The molecule has 0 aromatic carbocycles. The Hall–Kier alpha value is -1.60. The molecule has 0 amide bonds. The number of piperidine rings is 1. The van der Waals surface area contributed by atoms with Crippen LogP contribution in [0, 0.1) is 6.92 Å². The number of nitrogens with one attached hydrogen (secondary N) is 2. The van der Waals surface area contributed by atoms with E-state index in [1.807, 2.05) is 19.3 Å². The van der Waals surface area contributed by atoms with Crippen molar-refractivity contribution in [2.45, 2.75) is 58.5 Å². The van der Waals surface area contributed by atoms with Gasteiger partial charge in [-0.1, -0.05) is 0 Å². The standard InChI is InChI=1S/C20H38N6O/c1-4-21-20(23-10-5-6-13-26-16-11-22-18(26)2)24-19-8-14-25(15-9-19)12-7-17-27-3/h11,16,19H,4-10,12-15,17H2,1-3H3,(H2,21,23,24). The van der Waals surface area contributed by atoms with Crippen LogP contribution in [0.15, 0.2) is 17.4 Å². The zero-order valence-corrected chi connectivity index (χ0v) is 17.4. The highest BCUT2D eigenvalue weighted by Crippen LogP contribution is 2.10. The van der Waals surface area contributed by atoms with Crippen molar-refractivity contribution in [2.75, 3.05) is 46.4 Å². The third-order valence-corrected chi connectivity index (χ3v) is 5.10. The van der Waals surface area contributed by atoms with E-state index < -0.39 is 0 Å². The molecule has 1 fully saturated rings. The second kappa shape index (κ2) is 12.7. The number of hydrogen-bond donors (Lipinski definition) is 2. The average molecular weight is 379 g/mol. The van der Waals surface area contributed by atoms with Crippen LogP contribution in [0.1, 0.15) is 44.9 Å². The van der Waals surface area contributed by atoms with Crippen molar-refractivity contribution in [3.05, 3.63) is 18.2 Å². The number of imidazole rings is 1. The van der Waals surface area contributed by atoms with Crippen molar-refractivity contribution in [1.29, 1.82) is 0 Å². The highest BCUT2D eigenvalue weighted by molar-refractivity contribution is 5.80. The maximum absolute atomic E-state index is 5.15. The molecule has 27 heavy (non-hydrogen) atoms. The molecule has 0 aliphatic carbocycles. The Morgan fingerprint density at radius 2 is 2.07 bits per heavy atom. The van der Waals surface area contributed by atoms with E-state index in [9.17, 15) is 0 Å². The van der Waals surface area contributed by atoms with E-state index in [4.69, 9.17) is 9.73 Å². The van der Waals surface area contributed by atoms with Gasteiger partial charge in [0.15, 0.2) is 5.96 Å². The van der Waals surface area contributed by atoms with Gasteiger partial charge in [0.2, 0.25) is 0 Å². The summed E-state index contributed by atoms with van der Waals surface area (Å²) in [5.41, 5.74) is 0. The molecule has 1 saturated heterocycles. The van der Waals surface area contributed by atoms with Gasteiger partial charge in [0.05, 0.1) is 0 Å². The van der Waals surface area contributed by atoms with Gasteiger partial charge in [0.25, 0.3) is 0 Å². The molecule has 1 aromatic heterocycles. The molecule has 1 aliphatic heterocycles. The van der Waals surface area contributed by atoms with E-state index in [2.05, 4.69) is 32.0 Å². The highest BCUT2D eigenvalue weighted by Gasteiger charge is 2.19. The first-order valence-electron chi connectivity index (χ1n) is 10.5. The Bertz CT molecular complexity index is 536. The number of aryl methyl sites for hydroxylation is 2. The summed E-state index contributed by atoms with van der Waals surface area (Å²) < 4.78 is 7.35. The van der Waals surface area contributed by atoms with Gasteiger partial charge >= 0.3 is 0 Å². The first-order valence-corrected chi connectivity index (χ1v) is 10.5. The number of methoxy groups -OCH3 is 1. The summed E-state index contributed by atoms with van der Waals surface area (Å²) >= 11 is 0. The summed E-state index contributed by atoms with van der Waals surface area (Å²) in [6.07, 6.45) is 9.60. The van der Waals surface area contributed by atoms with E-state index in [1.165, 1.54) is 12.8 Å². The number of guanidine groups is 1. The number of rotatable bonds is 11. The van der Waals surface area contributed by atoms with Crippen LogP contribution < -0.4 is 10.6 Å². The fourth-order valence-electron chi connectivity index (χ4n) is 3.47. The summed E-state index contributed by atoms with van der Waals surface area (Å²) in [6.45, 7) is 11.3. The van der Waals surface area contributed by atoms with E-state index in [-0.39, 0.29) is 0 Å². The number of aromatic nitrogens is 2. The summed E-state index contributed by atoms with van der Waals surface area (Å²) in [4.78, 5) is 11.6. The minimum Gasteiger partial charge on any atom is -0.385 e. The molecular formula is C20H38N6O. The van der Waals surface area contributed by atoms with Crippen molar-refractivity contribution < 1.29 is 4.74 Å².